The fourth-order valence-electron chi connectivity index (χ4n) is 3.42. The van der Waals surface area contributed by atoms with Crippen molar-refractivity contribution in [3.8, 4) is 0 Å². The maximum absolute atomic E-state index is 11.8. The van der Waals surface area contributed by atoms with Crippen LogP contribution in [0.4, 0.5) is 0 Å². The predicted octanol–water partition coefficient (Wildman–Crippen LogP) is 7.46. The van der Waals surface area contributed by atoms with Gasteiger partial charge < -0.3 is 5.11 Å². The van der Waals surface area contributed by atoms with E-state index < -0.39 is 5.97 Å². The van der Waals surface area contributed by atoms with Crippen LogP contribution in [0.2, 0.25) is 0 Å². The monoisotopic (exact) mass is 368 g/mol. The molecule has 0 saturated heterocycles. The molecule has 0 aromatic rings. The topological polar surface area (TPSA) is 54.4 Å². The summed E-state index contributed by atoms with van der Waals surface area (Å²) in [4.78, 5) is 22.2. The van der Waals surface area contributed by atoms with Crippen LogP contribution < -0.4 is 0 Å². The number of hydrogen-bond donors (Lipinski definition) is 1. The number of rotatable bonds is 21. The molecule has 0 saturated carbocycles. The summed E-state index contributed by atoms with van der Waals surface area (Å²) in [5, 5.41) is 8.56. The van der Waals surface area contributed by atoms with Gasteiger partial charge in [-0.05, 0) is 19.3 Å². The van der Waals surface area contributed by atoms with Crippen molar-refractivity contribution in [1.82, 2.24) is 0 Å². The highest BCUT2D eigenvalue weighted by Crippen LogP contribution is 2.14. The first kappa shape index (κ1) is 25.1. The Labute approximate surface area is 162 Å². The van der Waals surface area contributed by atoms with Gasteiger partial charge in [-0.3, -0.25) is 9.59 Å². The van der Waals surface area contributed by atoms with Gasteiger partial charge in [0.25, 0.3) is 0 Å². The van der Waals surface area contributed by atoms with E-state index in [0.717, 1.165) is 38.5 Å². The van der Waals surface area contributed by atoms with E-state index in [0.29, 0.717) is 12.2 Å². The normalized spacial score (nSPS) is 11.0. The summed E-state index contributed by atoms with van der Waals surface area (Å²) in [6, 6.07) is 0. The standard InChI is InChI=1S/C23H44O3/c1-2-3-4-13-16-19-22(24)20-17-14-11-9-7-5-6-8-10-12-15-18-21-23(25)26/h2-21H2,1H3,(H,25,26). The highest BCUT2D eigenvalue weighted by Gasteiger charge is 2.02. The predicted molar refractivity (Wildman–Crippen MR) is 111 cm³/mol. The van der Waals surface area contributed by atoms with Crippen molar-refractivity contribution in [3.05, 3.63) is 0 Å². The minimum Gasteiger partial charge on any atom is -0.481 e. The molecular weight excluding hydrogens is 324 g/mol. The Hall–Kier alpha value is -0.860. The Balaban J connectivity index is 3.12. The van der Waals surface area contributed by atoms with Gasteiger partial charge in [-0.1, -0.05) is 96.8 Å². The van der Waals surface area contributed by atoms with E-state index in [9.17, 15) is 9.59 Å². The molecule has 0 aliphatic rings. The van der Waals surface area contributed by atoms with Crippen molar-refractivity contribution in [3.63, 3.8) is 0 Å². The maximum atomic E-state index is 11.8. The molecule has 0 heterocycles. The number of carbonyl (C=O) groups is 2. The first-order chi connectivity index (χ1) is 12.7. The van der Waals surface area contributed by atoms with E-state index in [4.69, 9.17) is 5.11 Å². The van der Waals surface area contributed by atoms with Crippen molar-refractivity contribution < 1.29 is 14.7 Å². The van der Waals surface area contributed by atoms with Gasteiger partial charge >= 0.3 is 5.97 Å². The largest absolute Gasteiger partial charge is 0.481 e. The van der Waals surface area contributed by atoms with Crippen LogP contribution in [-0.2, 0) is 9.59 Å². The molecule has 0 radical (unpaired) electrons. The van der Waals surface area contributed by atoms with Gasteiger partial charge in [0.2, 0.25) is 0 Å². The third-order valence-electron chi connectivity index (χ3n) is 5.16. The van der Waals surface area contributed by atoms with E-state index in [1.54, 1.807) is 0 Å². The number of hydrogen-bond acceptors (Lipinski definition) is 2. The molecule has 0 fully saturated rings. The van der Waals surface area contributed by atoms with E-state index in [-0.39, 0.29) is 0 Å². The van der Waals surface area contributed by atoms with Crippen LogP contribution in [0.5, 0.6) is 0 Å². The van der Waals surface area contributed by atoms with Crippen molar-refractivity contribution in [1.29, 1.82) is 0 Å². The van der Waals surface area contributed by atoms with Crippen LogP contribution in [0, 0.1) is 0 Å². The van der Waals surface area contributed by atoms with Gasteiger partial charge in [0.05, 0.1) is 0 Å². The summed E-state index contributed by atoms with van der Waals surface area (Å²) in [7, 11) is 0. The zero-order valence-electron chi connectivity index (χ0n) is 17.4. The highest BCUT2D eigenvalue weighted by molar-refractivity contribution is 5.78. The fourth-order valence-corrected chi connectivity index (χ4v) is 3.42. The van der Waals surface area contributed by atoms with Crippen LogP contribution in [0.15, 0.2) is 0 Å². The molecule has 0 bridgehead atoms. The lowest BCUT2D eigenvalue weighted by atomic mass is 10.0. The van der Waals surface area contributed by atoms with Gasteiger partial charge in [0.1, 0.15) is 5.78 Å². The zero-order chi connectivity index (χ0) is 19.3. The molecule has 0 spiro atoms. The van der Waals surface area contributed by atoms with Gasteiger partial charge in [0.15, 0.2) is 0 Å². The lowest BCUT2D eigenvalue weighted by Crippen LogP contribution is -1.97. The molecule has 3 nitrogen and oxygen atoms in total. The first-order valence-electron chi connectivity index (χ1n) is 11.4. The van der Waals surface area contributed by atoms with E-state index >= 15 is 0 Å². The average molecular weight is 369 g/mol. The van der Waals surface area contributed by atoms with Crippen molar-refractivity contribution >= 4 is 11.8 Å². The first-order valence-corrected chi connectivity index (χ1v) is 11.4. The SMILES string of the molecule is CCCCCCCC(=O)CCCCCCCCCCCCCCC(=O)O. The lowest BCUT2D eigenvalue weighted by molar-refractivity contribution is -0.137. The second-order valence-corrected chi connectivity index (χ2v) is 7.84. The van der Waals surface area contributed by atoms with E-state index in [2.05, 4.69) is 6.92 Å². The molecular formula is C23H44O3. The van der Waals surface area contributed by atoms with Crippen LogP contribution in [-0.4, -0.2) is 16.9 Å². The Morgan fingerprint density at radius 2 is 0.808 bits per heavy atom. The van der Waals surface area contributed by atoms with Crippen molar-refractivity contribution in [2.45, 2.75) is 135 Å². The molecule has 0 aromatic carbocycles. The lowest BCUT2D eigenvalue weighted by Gasteiger charge is -2.03. The Kier molecular flexibility index (Phi) is 19.8. The zero-order valence-corrected chi connectivity index (χ0v) is 17.4. The van der Waals surface area contributed by atoms with Crippen LogP contribution >= 0.6 is 0 Å². The van der Waals surface area contributed by atoms with Gasteiger partial charge in [0, 0.05) is 19.3 Å². The minimum atomic E-state index is -0.670. The number of Topliss-reactive ketones (excluding diaryl/α,β-unsaturated/α-hetero) is 1. The summed E-state index contributed by atoms with van der Waals surface area (Å²) in [6.45, 7) is 2.22. The average Bonchev–Trinajstić information content (AvgIpc) is 2.61. The van der Waals surface area contributed by atoms with E-state index in [1.165, 1.54) is 83.5 Å². The summed E-state index contributed by atoms with van der Waals surface area (Å²) < 4.78 is 0. The number of aliphatic carboxylic acids is 1. The molecule has 154 valence electrons. The number of carbonyl (C=O) groups excluding carboxylic acids is 1. The quantitative estimate of drug-likeness (QED) is 0.214. The number of unbranched alkanes of at least 4 members (excludes halogenated alkanes) is 15. The minimum absolute atomic E-state index is 0.324. The van der Waals surface area contributed by atoms with Crippen LogP contribution in [0.25, 0.3) is 0 Å². The van der Waals surface area contributed by atoms with Gasteiger partial charge in [-0.25, -0.2) is 0 Å². The third kappa shape index (κ3) is 21.2. The molecule has 0 aliphatic heterocycles. The smallest absolute Gasteiger partial charge is 0.303 e. The fraction of sp³-hybridized carbons (Fsp3) is 0.913. The summed E-state index contributed by atoms with van der Waals surface area (Å²) in [5.41, 5.74) is 0. The van der Waals surface area contributed by atoms with Crippen molar-refractivity contribution in [2.75, 3.05) is 0 Å². The van der Waals surface area contributed by atoms with Crippen molar-refractivity contribution in [2.24, 2.45) is 0 Å². The summed E-state index contributed by atoms with van der Waals surface area (Å²) in [6.07, 6.45) is 22.6. The third-order valence-corrected chi connectivity index (χ3v) is 5.16. The molecule has 3 heteroatoms. The molecule has 0 rings (SSSR count). The number of ketones is 1. The van der Waals surface area contributed by atoms with Crippen LogP contribution in [0.3, 0.4) is 0 Å². The van der Waals surface area contributed by atoms with Gasteiger partial charge in [-0.2, -0.15) is 0 Å². The van der Waals surface area contributed by atoms with Crippen LogP contribution in [0.1, 0.15) is 135 Å². The Bertz CT molecular complexity index is 325. The van der Waals surface area contributed by atoms with Gasteiger partial charge in [-0.15, -0.1) is 0 Å². The molecule has 26 heavy (non-hydrogen) atoms. The second-order valence-electron chi connectivity index (χ2n) is 7.84. The Morgan fingerprint density at radius 1 is 0.500 bits per heavy atom. The number of carboxylic acid groups (broad SMARTS) is 1. The molecule has 0 amide bonds. The Morgan fingerprint density at radius 3 is 1.15 bits per heavy atom. The molecule has 1 N–H and O–H groups in total. The maximum Gasteiger partial charge on any atom is 0.303 e. The summed E-state index contributed by atoms with van der Waals surface area (Å²) >= 11 is 0. The molecule has 0 unspecified atom stereocenters. The number of carboxylic acids is 1. The van der Waals surface area contributed by atoms with E-state index in [1.807, 2.05) is 0 Å². The highest BCUT2D eigenvalue weighted by atomic mass is 16.4. The second kappa shape index (κ2) is 20.5. The molecule has 0 aliphatic carbocycles. The molecule has 0 aromatic heterocycles. The molecule has 0 atom stereocenters. The summed E-state index contributed by atoms with van der Waals surface area (Å²) in [5.74, 6) is -0.193.